The SMILES string of the molecule is CCCNC(C)(CO)CCCN1CCCN(C)CC1CC. The van der Waals surface area contributed by atoms with Crippen LogP contribution in [0.25, 0.3) is 0 Å². The van der Waals surface area contributed by atoms with E-state index in [9.17, 15) is 5.11 Å². The second-order valence-electron chi connectivity index (χ2n) is 6.96. The van der Waals surface area contributed by atoms with Crippen molar-refractivity contribution in [3.63, 3.8) is 0 Å². The maximum atomic E-state index is 9.64. The number of rotatable bonds is 9. The molecule has 0 saturated carbocycles. The van der Waals surface area contributed by atoms with Crippen molar-refractivity contribution in [1.29, 1.82) is 0 Å². The lowest BCUT2D eigenvalue weighted by atomic mass is 9.96. The van der Waals surface area contributed by atoms with E-state index in [2.05, 4.69) is 42.9 Å². The van der Waals surface area contributed by atoms with Crippen LogP contribution in [0.3, 0.4) is 0 Å². The molecule has 0 aromatic rings. The Balaban J connectivity index is 2.41. The Labute approximate surface area is 131 Å². The maximum absolute atomic E-state index is 9.64. The van der Waals surface area contributed by atoms with Gasteiger partial charge in [-0.2, -0.15) is 0 Å². The van der Waals surface area contributed by atoms with E-state index in [4.69, 9.17) is 0 Å². The number of aliphatic hydroxyl groups is 1. The van der Waals surface area contributed by atoms with Crippen LogP contribution >= 0.6 is 0 Å². The van der Waals surface area contributed by atoms with Gasteiger partial charge in [0.1, 0.15) is 0 Å². The van der Waals surface area contributed by atoms with Gasteiger partial charge >= 0.3 is 0 Å². The van der Waals surface area contributed by atoms with Crippen LogP contribution in [0.4, 0.5) is 0 Å². The van der Waals surface area contributed by atoms with Crippen molar-refractivity contribution in [3.05, 3.63) is 0 Å². The van der Waals surface area contributed by atoms with Crippen LogP contribution in [0.15, 0.2) is 0 Å². The molecule has 126 valence electrons. The fourth-order valence-electron chi connectivity index (χ4n) is 3.30. The Bertz CT molecular complexity index is 275. The summed E-state index contributed by atoms with van der Waals surface area (Å²) in [4.78, 5) is 5.13. The molecule has 4 nitrogen and oxygen atoms in total. The number of hydrogen-bond acceptors (Lipinski definition) is 4. The summed E-state index contributed by atoms with van der Waals surface area (Å²) in [6.45, 7) is 12.6. The van der Waals surface area contributed by atoms with Crippen LogP contribution in [-0.4, -0.2) is 72.9 Å². The molecule has 0 aromatic carbocycles. The summed E-state index contributed by atoms with van der Waals surface area (Å²) < 4.78 is 0. The highest BCUT2D eigenvalue weighted by Gasteiger charge is 2.24. The van der Waals surface area contributed by atoms with Gasteiger partial charge in [-0.3, -0.25) is 4.90 Å². The van der Waals surface area contributed by atoms with E-state index < -0.39 is 0 Å². The van der Waals surface area contributed by atoms with Gasteiger partial charge in [0.05, 0.1) is 6.61 Å². The van der Waals surface area contributed by atoms with Crippen LogP contribution in [0.5, 0.6) is 0 Å². The lowest BCUT2D eigenvalue weighted by Gasteiger charge is -2.33. The second kappa shape index (κ2) is 9.78. The molecule has 0 bridgehead atoms. The van der Waals surface area contributed by atoms with Crippen molar-refractivity contribution in [2.75, 3.05) is 46.4 Å². The van der Waals surface area contributed by atoms with Crippen molar-refractivity contribution in [2.24, 2.45) is 0 Å². The predicted octanol–water partition coefficient (Wildman–Crippen LogP) is 1.93. The molecule has 1 heterocycles. The summed E-state index contributed by atoms with van der Waals surface area (Å²) in [5, 5.41) is 13.1. The molecule has 1 fully saturated rings. The van der Waals surface area contributed by atoms with E-state index in [1.807, 2.05) is 0 Å². The first-order valence-corrected chi connectivity index (χ1v) is 8.83. The van der Waals surface area contributed by atoms with Crippen molar-refractivity contribution < 1.29 is 5.11 Å². The van der Waals surface area contributed by atoms with Gasteiger partial charge < -0.3 is 15.3 Å². The molecule has 0 aromatic heterocycles. The Kier molecular flexibility index (Phi) is 8.79. The zero-order valence-electron chi connectivity index (χ0n) is 14.7. The first-order chi connectivity index (χ1) is 10.0. The van der Waals surface area contributed by atoms with Crippen molar-refractivity contribution in [2.45, 2.75) is 64.5 Å². The van der Waals surface area contributed by atoms with E-state index >= 15 is 0 Å². The summed E-state index contributed by atoms with van der Waals surface area (Å²) in [5.74, 6) is 0. The van der Waals surface area contributed by atoms with Crippen LogP contribution in [0.2, 0.25) is 0 Å². The van der Waals surface area contributed by atoms with E-state index in [0.29, 0.717) is 6.04 Å². The van der Waals surface area contributed by atoms with Gasteiger partial charge in [0.25, 0.3) is 0 Å². The van der Waals surface area contributed by atoms with Gasteiger partial charge in [-0.05, 0) is 72.3 Å². The molecule has 1 saturated heterocycles. The minimum Gasteiger partial charge on any atom is -0.394 e. The lowest BCUT2D eigenvalue weighted by molar-refractivity contribution is 0.144. The molecule has 4 heteroatoms. The Morgan fingerprint density at radius 1 is 1.29 bits per heavy atom. The molecule has 0 aliphatic carbocycles. The summed E-state index contributed by atoms with van der Waals surface area (Å²) in [6, 6.07) is 0.696. The largest absolute Gasteiger partial charge is 0.394 e. The van der Waals surface area contributed by atoms with Gasteiger partial charge in [-0.25, -0.2) is 0 Å². The zero-order valence-corrected chi connectivity index (χ0v) is 14.7. The fraction of sp³-hybridized carbons (Fsp3) is 1.00. The van der Waals surface area contributed by atoms with Crippen LogP contribution in [0.1, 0.15) is 52.9 Å². The molecule has 2 N–H and O–H groups in total. The van der Waals surface area contributed by atoms with Crippen molar-refractivity contribution in [3.8, 4) is 0 Å². The van der Waals surface area contributed by atoms with E-state index in [-0.39, 0.29) is 12.1 Å². The number of nitrogens with zero attached hydrogens (tertiary/aromatic N) is 2. The molecule has 1 aliphatic rings. The van der Waals surface area contributed by atoms with E-state index in [1.54, 1.807) is 0 Å². The number of aliphatic hydroxyl groups excluding tert-OH is 1. The number of nitrogens with one attached hydrogen (secondary N) is 1. The molecule has 0 radical (unpaired) electrons. The summed E-state index contributed by atoms with van der Waals surface area (Å²) >= 11 is 0. The van der Waals surface area contributed by atoms with Gasteiger partial charge in [-0.15, -0.1) is 0 Å². The molecule has 2 unspecified atom stereocenters. The minimum atomic E-state index is -0.111. The topological polar surface area (TPSA) is 38.7 Å². The molecule has 1 aliphatic heterocycles. The predicted molar refractivity (Wildman–Crippen MR) is 90.8 cm³/mol. The number of likely N-dealkylation sites (N-methyl/N-ethyl adjacent to an activating group) is 1. The third kappa shape index (κ3) is 6.64. The maximum Gasteiger partial charge on any atom is 0.0610 e. The normalized spacial score (nSPS) is 24.7. The molecule has 2 atom stereocenters. The average molecular weight is 300 g/mol. The standard InChI is InChI=1S/C17H37N3O/c1-5-10-18-17(3,15-21)9-7-12-20-13-8-11-19(4)14-16(20)6-2/h16,18,21H,5-15H2,1-4H3. The Morgan fingerprint density at radius 3 is 2.67 bits per heavy atom. The summed E-state index contributed by atoms with van der Waals surface area (Å²) in [7, 11) is 2.24. The van der Waals surface area contributed by atoms with Crippen LogP contribution in [0, 0.1) is 0 Å². The van der Waals surface area contributed by atoms with Gasteiger partial charge in [0.2, 0.25) is 0 Å². The van der Waals surface area contributed by atoms with Crippen molar-refractivity contribution >= 4 is 0 Å². The third-order valence-corrected chi connectivity index (χ3v) is 4.82. The summed E-state index contributed by atoms with van der Waals surface area (Å²) in [5.41, 5.74) is -0.111. The third-order valence-electron chi connectivity index (χ3n) is 4.82. The van der Waals surface area contributed by atoms with Gasteiger partial charge in [0, 0.05) is 18.1 Å². The minimum absolute atomic E-state index is 0.111. The fourth-order valence-corrected chi connectivity index (χ4v) is 3.30. The summed E-state index contributed by atoms with van der Waals surface area (Å²) in [6.07, 6.45) is 5.83. The second-order valence-corrected chi connectivity index (χ2v) is 6.96. The number of hydrogen-bond donors (Lipinski definition) is 2. The highest BCUT2D eigenvalue weighted by Crippen LogP contribution is 2.16. The van der Waals surface area contributed by atoms with Gasteiger partial charge in [0.15, 0.2) is 0 Å². The van der Waals surface area contributed by atoms with Crippen LogP contribution < -0.4 is 5.32 Å². The van der Waals surface area contributed by atoms with E-state index in [1.165, 1.54) is 32.5 Å². The zero-order chi connectivity index (χ0) is 15.7. The monoisotopic (exact) mass is 299 g/mol. The average Bonchev–Trinajstić information content (AvgIpc) is 2.66. The Hall–Kier alpha value is -0.160. The smallest absolute Gasteiger partial charge is 0.0610 e. The lowest BCUT2D eigenvalue weighted by Crippen LogP contribution is -2.47. The molecule has 0 spiro atoms. The van der Waals surface area contributed by atoms with Crippen LogP contribution in [-0.2, 0) is 0 Å². The van der Waals surface area contributed by atoms with E-state index in [0.717, 1.165) is 32.4 Å². The molecular weight excluding hydrogens is 262 g/mol. The highest BCUT2D eigenvalue weighted by molar-refractivity contribution is 4.84. The first-order valence-electron chi connectivity index (χ1n) is 8.83. The van der Waals surface area contributed by atoms with Crippen molar-refractivity contribution in [1.82, 2.24) is 15.1 Å². The first kappa shape index (κ1) is 18.9. The quantitative estimate of drug-likeness (QED) is 0.682. The van der Waals surface area contributed by atoms with Gasteiger partial charge in [-0.1, -0.05) is 13.8 Å². The molecule has 0 amide bonds. The highest BCUT2D eigenvalue weighted by atomic mass is 16.3. The Morgan fingerprint density at radius 2 is 2.05 bits per heavy atom. The molecule has 21 heavy (non-hydrogen) atoms. The molecule has 1 rings (SSSR count). The molecular formula is C17H37N3O.